The molecule has 4 N–H and O–H groups in total. The molecule has 0 aromatic heterocycles. The molecule has 0 aliphatic heterocycles. The van der Waals surface area contributed by atoms with Crippen LogP contribution in [0.2, 0.25) is 10.0 Å². The molecule has 7 heteroatoms. The molecule has 0 atom stereocenters. The Morgan fingerprint density at radius 3 is 2.45 bits per heavy atom. The third-order valence-electron chi connectivity index (χ3n) is 2.77. The molecule has 0 fully saturated rings. The van der Waals surface area contributed by atoms with E-state index in [0.29, 0.717) is 27.0 Å². The first kappa shape index (κ1) is 16.3. The van der Waals surface area contributed by atoms with Crippen molar-refractivity contribution in [1.82, 2.24) is 0 Å². The van der Waals surface area contributed by atoms with Gasteiger partial charge in [-0.2, -0.15) is 0 Å². The molecular weight excluding hydrogens is 325 g/mol. The van der Waals surface area contributed by atoms with Crippen molar-refractivity contribution in [3.05, 3.63) is 58.1 Å². The van der Waals surface area contributed by atoms with Gasteiger partial charge in [-0.15, -0.1) is 0 Å². The molecule has 0 spiro atoms. The van der Waals surface area contributed by atoms with Gasteiger partial charge in [-0.3, -0.25) is 9.59 Å². The van der Waals surface area contributed by atoms with Crippen molar-refractivity contribution in [3.8, 4) is 0 Å². The third-order valence-corrected chi connectivity index (χ3v) is 3.32. The van der Waals surface area contributed by atoms with Crippen LogP contribution in [0.4, 0.5) is 11.4 Å². The van der Waals surface area contributed by atoms with Gasteiger partial charge in [-0.05, 0) is 36.4 Å². The van der Waals surface area contributed by atoms with E-state index in [-0.39, 0.29) is 18.4 Å². The third kappa shape index (κ3) is 4.21. The van der Waals surface area contributed by atoms with Crippen LogP contribution in [0.3, 0.4) is 0 Å². The smallest absolute Gasteiger partial charge is 0.255 e. The van der Waals surface area contributed by atoms with Crippen molar-refractivity contribution in [2.75, 3.05) is 17.2 Å². The van der Waals surface area contributed by atoms with Crippen LogP contribution in [-0.2, 0) is 4.79 Å². The van der Waals surface area contributed by atoms with Gasteiger partial charge in [-0.1, -0.05) is 29.3 Å². The first-order valence-electron chi connectivity index (χ1n) is 6.36. The van der Waals surface area contributed by atoms with Crippen LogP contribution in [0.15, 0.2) is 42.5 Å². The van der Waals surface area contributed by atoms with Gasteiger partial charge in [0.1, 0.15) is 0 Å². The first-order chi connectivity index (χ1) is 10.5. The van der Waals surface area contributed by atoms with Gasteiger partial charge in [0.25, 0.3) is 5.91 Å². The summed E-state index contributed by atoms with van der Waals surface area (Å²) in [5.41, 5.74) is 6.57. The Bertz CT molecular complexity index is 720. The molecule has 0 unspecified atom stereocenters. The topological polar surface area (TPSA) is 84.2 Å². The highest BCUT2D eigenvalue weighted by molar-refractivity contribution is 6.34. The summed E-state index contributed by atoms with van der Waals surface area (Å²) in [6.07, 6.45) is 0. The number of benzene rings is 2. The number of nitrogens with two attached hydrogens (primary N) is 1. The van der Waals surface area contributed by atoms with E-state index in [9.17, 15) is 9.59 Å². The fourth-order valence-electron chi connectivity index (χ4n) is 1.73. The molecule has 22 heavy (non-hydrogen) atoms. The zero-order valence-corrected chi connectivity index (χ0v) is 12.9. The number of carbonyl (C=O) groups excluding carboxylic acids is 2. The average molecular weight is 338 g/mol. The maximum Gasteiger partial charge on any atom is 0.255 e. The highest BCUT2D eigenvalue weighted by Crippen LogP contribution is 2.26. The van der Waals surface area contributed by atoms with Crippen molar-refractivity contribution in [2.24, 2.45) is 5.73 Å². The molecule has 0 aliphatic carbocycles. The van der Waals surface area contributed by atoms with Crippen LogP contribution in [0, 0.1) is 0 Å². The minimum absolute atomic E-state index is 0.120. The standard InChI is InChI=1S/C15H13Cl2N3O2/c16-10-3-1-2-9(6-10)15(22)20-13-5-4-11(7-12(13)17)19-14(21)8-18/h1-7H,8,18H2,(H,19,21)(H,20,22). The van der Waals surface area contributed by atoms with Crippen LogP contribution >= 0.6 is 23.2 Å². The number of rotatable bonds is 4. The summed E-state index contributed by atoms with van der Waals surface area (Å²) < 4.78 is 0. The molecule has 0 bridgehead atoms. The molecular formula is C15H13Cl2N3O2. The van der Waals surface area contributed by atoms with E-state index in [0.717, 1.165) is 0 Å². The van der Waals surface area contributed by atoms with Crippen LogP contribution < -0.4 is 16.4 Å². The number of amides is 2. The minimum Gasteiger partial charge on any atom is -0.325 e. The maximum atomic E-state index is 12.1. The zero-order valence-electron chi connectivity index (χ0n) is 11.4. The van der Waals surface area contributed by atoms with E-state index in [1.54, 1.807) is 36.4 Å². The lowest BCUT2D eigenvalue weighted by Gasteiger charge is -2.10. The van der Waals surface area contributed by atoms with E-state index in [1.807, 2.05) is 0 Å². The Kier molecular flexibility index (Phi) is 5.38. The Balaban J connectivity index is 2.13. The van der Waals surface area contributed by atoms with Gasteiger partial charge in [0.15, 0.2) is 0 Å². The summed E-state index contributed by atoms with van der Waals surface area (Å²) in [7, 11) is 0. The van der Waals surface area contributed by atoms with Crippen LogP contribution in [0.5, 0.6) is 0 Å². The second kappa shape index (κ2) is 7.26. The number of nitrogens with one attached hydrogen (secondary N) is 2. The van der Waals surface area contributed by atoms with Crippen LogP contribution in [-0.4, -0.2) is 18.4 Å². The van der Waals surface area contributed by atoms with E-state index < -0.39 is 0 Å². The number of carbonyl (C=O) groups is 2. The summed E-state index contributed by atoms with van der Waals surface area (Å²) in [6, 6.07) is 11.3. The average Bonchev–Trinajstić information content (AvgIpc) is 2.49. The predicted molar refractivity (Wildman–Crippen MR) is 88.5 cm³/mol. The SMILES string of the molecule is NCC(=O)Nc1ccc(NC(=O)c2cccc(Cl)c2)c(Cl)c1. The van der Waals surface area contributed by atoms with Gasteiger partial charge in [0.05, 0.1) is 17.3 Å². The summed E-state index contributed by atoms with van der Waals surface area (Å²) >= 11 is 11.9. The Hall–Kier alpha value is -2.08. The van der Waals surface area contributed by atoms with Gasteiger partial charge in [0, 0.05) is 16.3 Å². The summed E-state index contributed by atoms with van der Waals surface area (Å²) in [6.45, 7) is -0.120. The fourth-order valence-corrected chi connectivity index (χ4v) is 2.15. The molecule has 0 saturated carbocycles. The monoisotopic (exact) mass is 337 g/mol. The lowest BCUT2D eigenvalue weighted by atomic mass is 10.2. The largest absolute Gasteiger partial charge is 0.325 e. The predicted octanol–water partition coefficient (Wildman–Crippen LogP) is 3.14. The van der Waals surface area contributed by atoms with Gasteiger partial charge >= 0.3 is 0 Å². The maximum absolute atomic E-state index is 12.1. The lowest BCUT2D eigenvalue weighted by Crippen LogP contribution is -2.21. The quantitative estimate of drug-likeness (QED) is 0.801. The molecule has 0 radical (unpaired) electrons. The molecule has 2 aromatic carbocycles. The molecule has 5 nitrogen and oxygen atoms in total. The van der Waals surface area contributed by atoms with Crippen molar-refractivity contribution < 1.29 is 9.59 Å². The second-order valence-corrected chi connectivity index (χ2v) is 5.26. The number of anilines is 2. The highest BCUT2D eigenvalue weighted by Gasteiger charge is 2.10. The Morgan fingerprint density at radius 1 is 1.05 bits per heavy atom. The van der Waals surface area contributed by atoms with E-state index in [4.69, 9.17) is 28.9 Å². The normalized spacial score (nSPS) is 10.1. The lowest BCUT2D eigenvalue weighted by molar-refractivity contribution is -0.114. The minimum atomic E-state index is -0.330. The highest BCUT2D eigenvalue weighted by atomic mass is 35.5. The molecule has 2 rings (SSSR count). The van der Waals surface area contributed by atoms with E-state index in [2.05, 4.69) is 10.6 Å². The van der Waals surface area contributed by atoms with Crippen molar-refractivity contribution in [2.45, 2.75) is 0 Å². The molecule has 0 aliphatic rings. The van der Waals surface area contributed by atoms with Crippen molar-refractivity contribution in [1.29, 1.82) is 0 Å². The van der Waals surface area contributed by atoms with E-state index >= 15 is 0 Å². The number of hydrogen-bond acceptors (Lipinski definition) is 3. The summed E-state index contributed by atoms with van der Waals surface area (Å²) in [5.74, 6) is -0.657. The Labute approximate surface area is 137 Å². The van der Waals surface area contributed by atoms with Crippen LogP contribution in [0.1, 0.15) is 10.4 Å². The first-order valence-corrected chi connectivity index (χ1v) is 7.11. The molecule has 0 saturated heterocycles. The summed E-state index contributed by atoms with van der Waals surface area (Å²) in [5, 5.41) is 6.02. The van der Waals surface area contributed by atoms with Crippen molar-refractivity contribution in [3.63, 3.8) is 0 Å². The molecule has 114 valence electrons. The fraction of sp³-hybridized carbons (Fsp3) is 0.0667. The Morgan fingerprint density at radius 2 is 1.82 bits per heavy atom. The van der Waals surface area contributed by atoms with Crippen LogP contribution in [0.25, 0.3) is 0 Å². The molecule has 2 amide bonds. The second-order valence-electron chi connectivity index (χ2n) is 4.41. The van der Waals surface area contributed by atoms with E-state index in [1.165, 1.54) is 6.07 Å². The number of halogens is 2. The molecule has 2 aromatic rings. The van der Waals surface area contributed by atoms with Crippen molar-refractivity contribution >= 4 is 46.4 Å². The summed E-state index contributed by atoms with van der Waals surface area (Å²) in [4.78, 5) is 23.3. The van der Waals surface area contributed by atoms with Gasteiger partial charge in [-0.25, -0.2) is 0 Å². The van der Waals surface area contributed by atoms with Gasteiger partial charge in [0.2, 0.25) is 5.91 Å². The van der Waals surface area contributed by atoms with Gasteiger partial charge < -0.3 is 16.4 Å². The zero-order chi connectivity index (χ0) is 16.1. The number of hydrogen-bond donors (Lipinski definition) is 3. The molecule has 0 heterocycles.